The molecule has 0 saturated heterocycles. The van der Waals surface area contributed by atoms with E-state index < -0.39 is 5.91 Å². The Balaban J connectivity index is 2.21. The van der Waals surface area contributed by atoms with E-state index in [0.29, 0.717) is 5.69 Å². The molecule has 5 nitrogen and oxygen atoms in total. The summed E-state index contributed by atoms with van der Waals surface area (Å²) in [5.41, 5.74) is 13.3. The third-order valence-electron chi connectivity index (χ3n) is 2.21. The van der Waals surface area contributed by atoms with Gasteiger partial charge in [-0.05, 0) is 36.4 Å². The largest absolute Gasteiger partial charge is 0.399 e. The first-order valence-corrected chi connectivity index (χ1v) is 5.03. The van der Waals surface area contributed by atoms with Crippen LogP contribution < -0.4 is 16.8 Å². The second-order valence-electron chi connectivity index (χ2n) is 3.54. The number of hydrogen-bond donors (Lipinski definition) is 3. The van der Waals surface area contributed by atoms with Crippen molar-refractivity contribution < 1.29 is 4.79 Å². The van der Waals surface area contributed by atoms with Crippen LogP contribution in [0, 0.1) is 0 Å². The van der Waals surface area contributed by atoms with E-state index in [4.69, 9.17) is 11.5 Å². The van der Waals surface area contributed by atoms with Gasteiger partial charge in [0, 0.05) is 23.3 Å². The van der Waals surface area contributed by atoms with Gasteiger partial charge in [-0.25, -0.2) is 0 Å². The molecule has 0 aliphatic carbocycles. The van der Waals surface area contributed by atoms with E-state index in [1.54, 1.807) is 24.3 Å². The summed E-state index contributed by atoms with van der Waals surface area (Å²) in [6.07, 6.45) is 1.53. The van der Waals surface area contributed by atoms with Crippen molar-refractivity contribution in [3.05, 3.63) is 48.3 Å². The van der Waals surface area contributed by atoms with Crippen LogP contribution in [0.15, 0.2) is 42.6 Å². The zero-order valence-electron chi connectivity index (χ0n) is 9.05. The Morgan fingerprint density at radius 1 is 1.12 bits per heavy atom. The number of primary amides is 1. The maximum Gasteiger partial charge on any atom is 0.267 e. The van der Waals surface area contributed by atoms with Crippen molar-refractivity contribution in [3.8, 4) is 0 Å². The van der Waals surface area contributed by atoms with Crippen LogP contribution in [0.5, 0.6) is 0 Å². The summed E-state index contributed by atoms with van der Waals surface area (Å²) in [5.74, 6) is -0.550. The van der Waals surface area contributed by atoms with Crippen LogP contribution in [-0.4, -0.2) is 10.9 Å². The van der Waals surface area contributed by atoms with Gasteiger partial charge in [-0.15, -0.1) is 0 Å². The first-order chi connectivity index (χ1) is 8.15. The van der Waals surface area contributed by atoms with E-state index in [-0.39, 0.29) is 5.69 Å². The number of pyridine rings is 1. The van der Waals surface area contributed by atoms with Crippen molar-refractivity contribution in [1.29, 1.82) is 0 Å². The summed E-state index contributed by atoms with van der Waals surface area (Å²) in [5, 5.41) is 3.12. The van der Waals surface area contributed by atoms with Crippen molar-refractivity contribution in [2.45, 2.75) is 0 Å². The Hall–Kier alpha value is -2.56. The molecule has 5 N–H and O–H groups in total. The van der Waals surface area contributed by atoms with Gasteiger partial charge < -0.3 is 16.8 Å². The Morgan fingerprint density at radius 2 is 1.82 bits per heavy atom. The van der Waals surface area contributed by atoms with Gasteiger partial charge in [-0.2, -0.15) is 0 Å². The molecule has 0 aliphatic heterocycles. The monoisotopic (exact) mass is 228 g/mol. The normalized spacial score (nSPS) is 9.88. The molecule has 1 heterocycles. The summed E-state index contributed by atoms with van der Waals surface area (Å²) in [4.78, 5) is 14.8. The first kappa shape index (κ1) is 10.9. The molecule has 17 heavy (non-hydrogen) atoms. The highest BCUT2D eigenvalue weighted by Crippen LogP contribution is 2.17. The number of hydrogen-bond acceptors (Lipinski definition) is 4. The quantitative estimate of drug-likeness (QED) is 0.694. The molecule has 0 aliphatic rings. The van der Waals surface area contributed by atoms with Crippen LogP contribution >= 0.6 is 0 Å². The number of carbonyl (C=O) groups is 1. The zero-order chi connectivity index (χ0) is 12.3. The molecule has 0 saturated carbocycles. The predicted molar refractivity (Wildman–Crippen MR) is 66.9 cm³/mol. The average molecular weight is 228 g/mol. The molecule has 1 aromatic heterocycles. The van der Waals surface area contributed by atoms with Crippen molar-refractivity contribution in [3.63, 3.8) is 0 Å². The molecular formula is C12H12N4O. The van der Waals surface area contributed by atoms with Gasteiger partial charge in [0.25, 0.3) is 5.91 Å². The number of benzene rings is 1. The lowest BCUT2D eigenvalue weighted by atomic mass is 10.2. The minimum Gasteiger partial charge on any atom is -0.399 e. The third-order valence-corrected chi connectivity index (χ3v) is 2.21. The molecule has 5 heteroatoms. The predicted octanol–water partition coefficient (Wildman–Crippen LogP) is 1.51. The van der Waals surface area contributed by atoms with E-state index in [1.165, 1.54) is 6.20 Å². The topological polar surface area (TPSA) is 94.0 Å². The fourth-order valence-corrected chi connectivity index (χ4v) is 1.38. The van der Waals surface area contributed by atoms with E-state index in [0.717, 1.165) is 11.4 Å². The number of nitrogen functional groups attached to an aromatic ring is 1. The van der Waals surface area contributed by atoms with Crippen LogP contribution in [0.2, 0.25) is 0 Å². The number of rotatable bonds is 3. The number of amides is 1. The number of carbonyl (C=O) groups excluding carboxylic acids is 1. The molecule has 1 amide bonds. The molecule has 0 radical (unpaired) electrons. The first-order valence-electron chi connectivity index (χ1n) is 5.03. The average Bonchev–Trinajstić information content (AvgIpc) is 2.32. The van der Waals surface area contributed by atoms with Crippen LogP contribution in [0.1, 0.15) is 10.5 Å². The van der Waals surface area contributed by atoms with Crippen molar-refractivity contribution >= 4 is 23.0 Å². The molecule has 0 unspecified atom stereocenters. The fraction of sp³-hybridized carbons (Fsp3) is 0. The summed E-state index contributed by atoms with van der Waals surface area (Å²) < 4.78 is 0. The second-order valence-corrected chi connectivity index (χ2v) is 3.54. The summed E-state index contributed by atoms with van der Waals surface area (Å²) in [6.45, 7) is 0. The lowest BCUT2D eigenvalue weighted by Gasteiger charge is -2.07. The highest BCUT2D eigenvalue weighted by atomic mass is 16.1. The van der Waals surface area contributed by atoms with Gasteiger partial charge in [-0.1, -0.05) is 0 Å². The number of aromatic nitrogens is 1. The molecule has 1 aromatic carbocycles. The van der Waals surface area contributed by atoms with Gasteiger partial charge in [0.1, 0.15) is 5.69 Å². The lowest BCUT2D eigenvalue weighted by Crippen LogP contribution is -2.12. The third kappa shape index (κ3) is 2.72. The Labute approximate surface area is 98.5 Å². The number of anilines is 3. The van der Waals surface area contributed by atoms with E-state index in [2.05, 4.69) is 10.3 Å². The van der Waals surface area contributed by atoms with E-state index in [9.17, 15) is 4.79 Å². The Bertz CT molecular complexity index is 536. The number of nitrogens with two attached hydrogens (primary N) is 2. The minimum atomic E-state index is -0.550. The smallest absolute Gasteiger partial charge is 0.267 e. The molecule has 0 fully saturated rings. The van der Waals surface area contributed by atoms with Crippen LogP contribution in [-0.2, 0) is 0 Å². The van der Waals surface area contributed by atoms with Crippen LogP contribution in [0.4, 0.5) is 17.1 Å². The molecule has 2 aromatic rings. The van der Waals surface area contributed by atoms with Crippen molar-refractivity contribution in [1.82, 2.24) is 4.98 Å². The Kier molecular flexibility index (Phi) is 2.91. The van der Waals surface area contributed by atoms with Crippen molar-refractivity contribution in [2.75, 3.05) is 11.1 Å². The highest BCUT2D eigenvalue weighted by Gasteiger charge is 2.02. The molecule has 0 bridgehead atoms. The summed E-state index contributed by atoms with van der Waals surface area (Å²) in [7, 11) is 0. The lowest BCUT2D eigenvalue weighted by molar-refractivity contribution is 0.0995. The maximum absolute atomic E-state index is 11.0. The van der Waals surface area contributed by atoms with Gasteiger partial charge >= 0.3 is 0 Å². The zero-order valence-corrected chi connectivity index (χ0v) is 9.05. The highest BCUT2D eigenvalue weighted by molar-refractivity contribution is 5.91. The molecule has 0 spiro atoms. The van der Waals surface area contributed by atoms with Gasteiger partial charge in [0.05, 0.1) is 0 Å². The van der Waals surface area contributed by atoms with Gasteiger partial charge in [-0.3, -0.25) is 9.78 Å². The fourth-order valence-electron chi connectivity index (χ4n) is 1.38. The molecular weight excluding hydrogens is 216 g/mol. The molecule has 0 atom stereocenters. The number of nitrogens with zero attached hydrogens (tertiary/aromatic N) is 1. The second kappa shape index (κ2) is 4.52. The maximum atomic E-state index is 11.0. The van der Waals surface area contributed by atoms with Gasteiger partial charge in [0.15, 0.2) is 0 Å². The standard InChI is InChI=1S/C12H12N4O/c13-8-1-3-9(4-2-8)16-10-5-6-15-11(7-10)12(14)17/h1-7H,13H2,(H2,14,17)(H,15,16). The van der Waals surface area contributed by atoms with E-state index in [1.807, 2.05) is 12.1 Å². The molecule has 86 valence electrons. The molecule has 2 rings (SSSR count). The Morgan fingerprint density at radius 3 is 2.47 bits per heavy atom. The minimum absolute atomic E-state index is 0.227. The van der Waals surface area contributed by atoms with Crippen molar-refractivity contribution in [2.24, 2.45) is 5.73 Å². The number of nitrogens with one attached hydrogen (secondary N) is 1. The van der Waals surface area contributed by atoms with Crippen LogP contribution in [0.3, 0.4) is 0 Å². The van der Waals surface area contributed by atoms with E-state index >= 15 is 0 Å². The SMILES string of the molecule is NC(=O)c1cc(Nc2ccc(N)cc2)ccn1. The van der Waals surface area contributed by atoms with Gasteiger partial charge in [0.2, 0.25) is 0 Å². The summed E-state index contributed by atoms with van der Waals surface area (Å²) >= 11 is 0. The van der Waals surface area contributed by atoms with Crippen LogP contribution in [0.25, 0.3) is 0 Å². The summed E-state index contributed by atoms with van der Waals surface area (Å²) in [6, 6.07) is 10.6.